The molecule has 0 saturated carbocycles. The summed E-state index contributed by atoms with van der Waals surface area (Å²) < 4.78 is 18.9. The van der Waals surface area contributed by atoms with E-state index in [0.29, 0.717) is 0 Å². The number of amides is 1. The molecule has 4 aromatic rings. The summed E-state index contributed by atoms with van der Waals surface area (Å²) in [4.78, 5) is 25.0. The molecule has 0 radical (unpaired) electrons. The van der Waals surface area contributed by atoms with Gasteiger partial charge in [0.2, 0.25) is 0 Å². The number of nitrogens with one attached hydrogen (secondary N) is 1. The second-order valence-electron chi connectivity index (χ2n) is 6.79. The highest BCUT2D eigenvalue weighted by atomic mass is 19.1. The lowest BCUT2D eigenvalue weighted by Gasteiger charge is -2.09. The Morgan fingerprint density at radius 1 is 1.07 bits per heavy atom. The molecule has 0 bridgehead atoms. The quantitative estimate of drug-likeness (QED) is 0.544. The molecule has 4 aromatic heterocycles. The monoisotopic (exact) mass is 403 g/mol. The molecule has 7 nitrogen and oxygen atoms in total. The minimum absolute atomic E-state index is 0.00538. The van der Waals surface area contributed by atoms with E-state index in [1.165, 1.54) is 24.4 Å². The van der Waals surface area contributed by atoms with Gasteiger partial charge in [0.1, 0.15) is 5.69 Å². The van der Waals surface area contributed by atoms with Crippen LogP contribution in [0.3, 0.4) is 0 Å². The molecule has 0 spiro atoms. The minimum Gasteiger partial charge on any atom is -0.354 e. The smallest absolute Gasteiger partial charge is 0.273 e. The first-order chi connectivity index (χ1) is 14.5. The second kappa shape index (κ2) is 8.20. The lowest BCUT2D eigenvalue weighted by atomic mass is 10.1. The van der Waals surface area contributed by atoms with Gasteiger partial charge >= 0.3 is 0 Å². The van der Waals surface area contributed by atoms with Gasteiger partial charge in [0.15, 0.2) is 17.3 Å². The summed E-state index contributed by atoms with van der Waals surface area (Å²) in [6.45, 7) is 4.16. The fourth-order valence-corrected chi connectivity index (χ4v) is 3.06. The standard InChI is InChI=1S/C22H18FN5O2/c1-13-8-15(11-26-20(13)16-5-7-24-14(2)9-16)12-27-22(29)18-10-19(30-28-18)21-17(23)4-3-6-25-21/h3-11H,12H2,1-2H3,(H,27,29). The predicted molar refractivity (Wildman–Crippen MR) is 108 cm³/mol. The molecular weight excluding hydrogens is 385 g/mol. The molecule has 1 amide bonds. The molecule has 0 saturated heterocycles. The highest BCUT2D eigenvalue weighted by molar-refractivity contribution is 5.92. The molecule has 30 heavy (non-hydrogen) atoms. The maximum atomic E-state index is 13.8. The normalized spacial score (nSPS) is 10.8. The SMILES string of the molecule is Cc1cc(-c2ncc(CNC(=O)c3cc(-c4ncccc4F)on3)cc2C)ccn1. The van der Waals surface area contributed by atoms with E-state index in [1.807, 2.05) is 32.0 Å². The predicted octanol–water partition coefficient (Wildman–Crippen LogP) is 3.88. The molecule has 0 aliphatic rings. The second-order valence-corrected chi connectivity index (χ2v) is 6.79. The summed E-state index contributed by atoms with van der Waals surface area (Å²) in [5, 5.41) is 6.47. The zero-order chi connectivity index (χ0) is 21.1. The first kappa shape index (κ1) is 19.4. The van der Waals surface area contributed by atoms with Crippen LogP contribution in [0.2, 0.25) is 0 Å². The third-order valence-electron chi connectivity index (χ3n) is 4.49. The van der Waals surface area contributed by atoms with Crippen molar-refractivity contribution in [3.63, 3.8) is 0 Å². The van der Waals surface area contributed by atoms with E-state index in [0.717, 1.165) is 28.1 Å². The van der Waals surface area contributed by atoms with Crippen LogP contribution >= 0.6 is 0 Å². The number of pyridine rings is 3. The first-order valence-corrected chi connectivity index (χ1v) is 9.25. The van der Waals surface area contributed by atoms with Crippen molar-refractivity contribution < 1.29 is 13.7 Å². The van der Waals surface area contributed by atoms with E-state index in [9.17, 15) is 9.18 Å². The highest BCUT2D eigenvalue weighted by Crippen LogP contribution is 2.22. The van der Waals surface area contributed by atoms with Gasteiger partial charge in [-0.3, -0.25) is 14.8 Å². The number of carbonyl (C=O) groups is 1. The van der Waals surface area contributed by atoms with Crippen molar-refractivity contribution in [2.24, 2.45) is 0 Å². The van der Waals surface area contributed by atoms with E-state index in [1.54, 1.807) is 12.4 Å². The van der Waals surface area contributed by atoms with Crippen LogP contribution in [0.5, 0.6) is 0 Å². The molecule has 0 aliphatic heterocycles. The van der Waals surface area contributed by atoms with E-state index in [2.05, 4.69) is 25.4 Å². The average molecular weight is 403 g/mol. The molecule has 0 fully saturated rings. The Bertz CT molecular complexity index is 1220. The third-order valence-corrected chi connectivity index (χ3v) is 4.49. The van der Waals surface area contributed by atoms with Crippen LogP contribution < -0.4 is 5.32 Å². The Morgan fingerprint density at radius 3 is 2.70 bits per heavy atom. The fraction of sp³-hybridized carbons (Fsp3) is 0.136. The van der Waals surface area contributed by atoms with Crippen LogP contribution in [0.15, 0.2) is 59.5 Å². The maximum Gasteiger partial charge on any atom is 0.273 e. The number of aryl methyl sites for hydroxylation is 2. The van der Waals surface area contributed by atoms with Crippen LogP contribution in [0.4, 0.5) is 4.39 Å². The highest BCUT2D eigenvalue weighted by Gasteiger charge is 2.17. The van der Waals surface area contributed by atoms with Gasteiger partial charge in [-0.25, -0.2) is 9.37 Å². The van der Waals surface area contributed by atoms with Gasteiger partial charge in [0.25, 0.3) is 5.91 Å². The molecule has 0 aromatic carbocycles. The van der Waals surface area contributed by atoms with Gasteiger partial charge in [-0.05, 0) is 49.2 Å². The van der Waals surface area contributed by atoms with Crippen molar-refractivity contribution in [3.8, 4) is 22.7 Å². The summed E-state index contributed by atoms with van der Waals surface area (Å²) in [7, 11) is 0. The topological polar surface area (TPSA) is 93.8 Å². The Labute approximate surface area is 172 Å². The summed E-state index contributed by atoms with van der Waals surface area (Å²) in [6.07, 6.45) is 4.91. The summed E-state index contributed by atoms with van der Waals surface area (Å²) >= 11 is 0. The minimum atomic E-state index is -0.549. The van der Waals surface area contributed by atoms with E-state index in [4.69, 9.17) is 4.52 Å². The van der Waals surface area contributed by atoms with E-state index < -0.39 is 11.7 Å². The van der Waals surface area contributed by atoms with Gasteiger partial charge in [-0.15, -0.1) is 0 Å². The number of hydrogen-bond acceptors (Lipinski definition) is 6. The molecule has 150 valence electrons. The van der Waals surface area contributed by atoms with Gasteiger partial charge in [0, 0.05) is 42.5 Å². The van der Waals surface area contributed by atoms with Crippen molar-refractivity contribution in [2.45, 2.75) is 20.4 Å². The summed E-state index contributed by atoms with van der Waals surface area (Å²) in [6, 6.07) is 9.95. The van der Waals surface area contributed by atoms with E-state index in [-0.39, 0.29) is 23.7 Å². The summed E-state index contributed by atoms with van der Waals surface area (Å²) in [5.41, 5.74) is 4.66. The Morgan fingerprint density at radius 2 is 1.93 bits per heavy atom. The fourth-order valence-electron chi connectivity index (χ4n) is 3.06. The Balaban J connectivity index is 1.44. The molecule has 4 rings (SSSR count). The van der Waals surface area contributed by atoms with Gasteiger partial charge in [0.05, 0.1) is 5.69 Å². The van der Waals surface area contributed by atoms with E-state index >= 15 is 0 Å². The largest absolute Gasteiger partial charge is 0.354 e. The number of nitrogens with zero attached hydrogens (tertiary/aromatic N) is 4. The van der Waals surface area contributed by atoms with Crippen molar-refractivity contribution in [2.75, 3.05) is 0 Å². The molecule has 1 N–H and O–H groups in total. The Kier molecular flexibility index (Phi) is 5.30. The maximum absolute atomic E-state index is 13.8. The summed E-state index contributed by atoms with van der Waals surface area (Å²) in [5.74, 6) is -0.896. The van der Waals surface area contributed by atoms with Crippen molar-refractivity contribution in [1.82, 2.24) is 25.4 Å². The number of halogens is 1. The van der Waals surface area contributed by atoms with Crippen molar-refractivity contribution in [3.05, 3.63) is 83.3 Å². The number of rotatable bonds is 5. The molecule has 4 heterocycles. The zero-order valence-electron chi connectivity index (χ0n) is 16.4. The van der Waals surface area contributed by atoms with Gasteiger partial charge in [-0.2, -0.15) is 0 Å². The molecule has 0 aliphatic carbocycles. The number of aromatic nitrogens is 4. The number of carbonyl (C=O) groups excluding carboxylic acids is 1. The van der Waals surface area contributed by atoms with Crippen LogP contribution in [0, 0.1) is 19.7 Å². The van der Waals surface area contributed by atoms with Crippen LogP contribution in [-0.2, 0) is 6.54 Å². The molecule has 0 atom stereocenters. The van der Waals surface area contributed by atoms with Gasteiger partial charge in [-0.1, -0.05) is 11.2 Å². The molecule has 8 heteroatoms. The lowest BCUT2D eigenvalue weighted by molar-refractivity contribution is 0.0942. The lowest BCUT2D eigenvalue weighted by Crippen LogP contribution is -2.23. The Hall–Kier alpha value is -3.94. The van der Waals surface area contributed by atoms with Crippen molar-refractivity contribution >= 4 is 5.91 Å². The van der Waals surface area contributed by atoms with Crippen LogP contribution in [-0.4, -0.2) is 26.0 Å². The average Bonchev–Trinajstić information content (AvgIpc) is 3.22. The molecule has 0 unspecified atom stereocenters. The van der Waals surface area contributed by atoms with Gasteiger partial charge < -0.3 is 9.84 Å². The van der Waals surface area contributed by atoms with Crippen molar-refractivity contribution in [1.29, 1.82) is 0 Å². The first-order valence-electron chi connectivity index (χ1n) is 9.25. The third kappa shape index (κ3) is 4.07. The number of hydrogen-bond donors (Lipinski definition) is 1. The molecular formula is C22H18FN5O2. The van der Waals surface area contributed by atoms with Crippen LogP contribution in [0.1, 0.15) is 27.3 Å². The van der Waals surface area contributed by atoms with Crippen LogP contribution in [0.25, 0.3) is 22.7 Å². The zero-order valence-corrected chi connectivity index (χ0v) is 16.4.